The number of carbonyl (C=O) groups excluding carboxylic acids is 2. The van der Waals surface area contributed by atoms with Crippen molar-refractivity contribution in [3.05, 3.63) is 42.0 Å². The molecule has 9 nitrogen and oxygen atoms in total. The van der Waals surface area contributed by atoms with E-state index in [0.29, 0.717) is 65.2 Å². The third-order valence-electron chi connectivity index (χ3n) is 7.04. The van der Waals surface area contributed by atoms with E-state index >= 15 is 0 Å². The highest BCUT2D eigenvalue weighted by Gasteiger charge is 2.36. The molecule has 0 aromatic heterocycles. The van der Waals surface area contributed by atoms with Crippen LogP contribution in [-0.2, 0) is 19.8 Å². The molecule has 3 aliphatic rings. The van der Waals surface area contributed by atoms with Gasteiger partial charge < -0.3 is 14.7 Å². The lowest BCUT2D eigenvalue weighted by Crippen LogP contribution is -2.58. The third kappa shape index (κ3) is 5.86. The summed E-state index contributed by atoms with van der Waals surface area (Å²) in [5.74, 6) is -0.0519. The van der Waals surface area contributed by atoms with E-state index in [4.69, 9.17) is 0 Å². The fourth-order valence-electron chi connectivity index (χ4n) is 4.76. The predicted octanol–water partition coefficient (Wildman–Crippen LogP) is 0.575. The van der Waals surface area contributed by atoms with Crippen LogP contribution in [0.25, 0.3) is 6.08 Å². The van der Waals surface area contributed by atoms with Crippen LogP contribution in [0.3, 0.4) is 0 Å². The second-order valence-electron chi connectivity index (χ2n) is 9.28. The number of benzene rings is 1. The number of carbonyl (C=O) groups is 2. The van der Waals surface area contributed by atoms with E-state index in [-0.39, 0.29) is 17.7 Å². The predicted molar refractivity (Wildman–Crippen MR) is 131 cm³/mol. The van der Waals surface area contributed by atoms with E-state index in [2.05, 4.69) is 4.90 Å². The van der Waals surface area contributed by atoms with Crippen molar-refractivity contribution in [2.45, 2.75) is 12.8 Å². The average Bonchev–Trinajstić information content (AvgIpc) is 2.88. The number of amides is 2. The molecule has 0 spiro atoms. The molecule has 0 unspecified atom stereocenters. The normalized spacial score (nSPS) is 22.4. The Kier molecular flexibility index (Phi) is 8.02. The van der Waals surface area contributed by atoms with Gasteiger partial charge in [-0.05, 0) is 31.5 Å². The Bertz CT molecular complexity index is 976. The molecule has 0 bridgehead atoms. The molecule has 0 radical (unpaired) electrons. The summed E-state index contributed by atoms with van der Waals surface area (Å²) in [6.07, 6.45) is 4.69. The van der Waals surface area contributed by atoms with Crippen molar-refractivity contribution in [1.29, 1.82) is 0 Å². The summed E-state index contributed by atoms with van der Waals surface area (Å²) in [6.45, 7) is 5.13. The summed E-state index contributed by atoms with van der Waals surface area (Å²) in [4.78, 5) is 31.3. The first-order valence-electron chi connectivity index (χ1n) is 12.1. The highest BCUT2D eigenvalue weighted by molar-refractivity contribution is 7.86. The maximum atomic E-state index is 13.1. The number of hydrogen-bond donors (Lipinski definition) is 0. The maximum absolute atomic E-state index is 13.1. The lowest BCUT2D eigenvalue weighted by atomic mass is 9.95. The van der Waals surface area contributed by atoms with Crippen molar-refractivity contribution in [2.24, 2.45) is 5.92 Å². The van der Waals surface area contributed by atoms with E-state index in [0.717, 1.165) is 18.7 Å². The van der Waals surface area contributed by atoms with Crippen molar-refractivity contribution in [1.82, 2.24) is 23.3 Å². The van der Waals surface area contributed by atoms with Crippen molar-refractivity contribution in [3.8, 4) is 0 Å². The Morgan fingerprint density at radius 2 is 1.35 bits per heavy atom. The molecule has 1 aromatic rings. The van der Waals surface area contributed by atoms with E-state index in [1.807, 2.05) is 43.5 Å². The molecule has 186 valence electrons. The van der Waals surface area contributed by atoms with Gasteiger partial charge in [0.1, 0.15) is 0 Å². The summed E-state index contributed by atoms with van der Waals surface area (Å²) in [6, 6.07) is 9.70. The SMILES string of the molecule is CN1CCN(S(=O)(=O)N2CCN(C(=O)C3CCN(C(=O)/C=C/c4ccccc4)CC3)CC2)CC1. The first kappa shape index (κ1) is 24.8. The van der Waals surface area contributed by atoms with Crippen LogP contribution in [0, 0.1) is 5.92 Å². The Labute approximate surface area is 202 Å². The van der Waals surface area contributed by atoms with E-state index < -0.39 is 10.2 Å². The smallest absolute Gasteiger partial charge is 0.282 e. The summed E-state index contributed by atoms with van der Waals surface area (Å²) >= 11 is 0. The molecule has 3 heterocycles. The molecule has 0 N–H and O–H groups in total. The minimum absolute atomic E-state index is 0.0301. The van der Waals surface area contributed by atoms with Gasteiger partial charge in [-0.25, -0.2) is 0 Å². The highest BCUT2D eigenvalue weighted by Crippen LogP contribution is 2.22. The molecular formula is C24H35N5O4S. The topological polar surface area (TPSA) is 84.5 Å². The maximum Gasteiger partial charge on any atom is 0.282 e. The van der Waals surface area contributed by atoms with Gasteiger partial charge in [0.2, 0.25) is 11.8 Å². The van der Waals surface area contributed by atoms with Gasteiger partial charge in [-0.3, -0.25) is 9.59 Å². The lowest BCUT2D eigenvalue weighted by molar-refractivity contribution is -0.140. The van der Waals surface area contributed by atoms with Crippen LogP contribution in [0.1, 0.15) is 18.4 Å². The van der Waals surface area contributed by atoms with Crippen molar-refractivity contribution in [2.75, 3.05) is 72.5 Å². The molecule has 2 amide bonds. The minimum atomic E-state index is -3.47. The summed E-state index contributed by atoms with van der Waals surface area (Å²) in [7, 11) is -1.48. The average molecular weight is 490 g/mol. The van der Waals surface area contributed by atoms with Crippen LogP contribution < -0.4 is 0 Å². The second kappa shape index (κ2) is 11.0. The van der Waals surface area contributed by atoms with E-state index in [1.54, 1.807) is 20.2 Å². The van der Waals surface area contributed by atoms with Crippen LogP contribution in [0.2, 0.25) is 0 Å². The quantitative estimate of drug-likeness (QED) is 0.565. The second-order valence-corrected chi connectivity index (χ2v) is 11.2. The van der Waals surface area contributed by atoms with Gasteiger partial charge in [-0.2, -0.15) is 17.0 Å². The van der Waals surface area contributed by atoms with Crippen LogP contribution in [-0.4, -0.2) is 116 Å². The first-order valence-corrected chi connectivity index (χ1v) is 13.5. The van der Waals surface area contributed by atoms with Crippen molar-refractivity contribution >= 4 is 28.1 Å². The molecule has 0 saturated carbocycles. The molecule has 3 aliphatic heterocycles. The largest absolute Gasteiger partial charge is 0.340 e. The van der Waals surface area contributed by atoms with Crippen LogP contribution in [0.15, 0.2) is 36.4 Å². The third-order valence-corrected chi connectivity index (χ3v) is 9.07. The summed E-state index contributed by atoms with van der Waals surface area (Å²) in [5.41, 5.74) is 0.981. The van der Waals surface area contributed by atoms with Crippen molar-refractivity contribution < 1.29 is 18.0 Å². The molecule has 3 fully saturated rings. The first-order chi connectivity index (χ1) is 16.3. The van der Waals surface area contributed by atoms with E-state index in [1.165, 1.54) is 4.31 Å². The Hall–Kier alpha value is -2.27. The molecule has 4 rings (SSSR count). The summed E-state index contributed by atoms with van der Waals surface area (Å²) < 4.78 is 29.0. The van der Waals surface area contributed by atoms with Gasteiger partial charge in [0, 0.05) is 77.4 Å². The van der Waals surface area contributed by atoms with Gasteiger partial charge in [0.05, 0.1) is 0 Å². The Morgan fingerprint density at radius 3 is 1.94 bits per heavy atom. The molecule has 3 saturated heterocycles. The number of hydrogen-bond acceptors (Lipinski definition) is 5. The monoisotopic (exact) mass is 489 g/mol. The number of piperazine rings is 2. The minimum Gasteiger partial charge on any atom is -0.340 e. The van der Waals surface area contributed by atoms with Gasteiger partial charge >= 0.3 is 0 Å². The molecule has 10 heteroatoms. The van der Waals surface area contributed by atoms with Gasteiger partial charge in [-0.1, -0.05) is 30.3 Å². The van der Waals surface area contributed by atoms with E-state index in [9.17, 15) is 18.0 Å². The fourth-order valence-corrected chi connectivity index (χ4v) is 6.34. The van der Waals surface area contributed by atoms with Crippen LogP contribution in [0.5, 0.6) is 0 Å². The number of likely N-dealkylation sites (tertiary alicyclic amines) is 1. The molecular weight excluding hydrogens is 454 g/mol. The number of likely N-dealkylation sites (N-methyl/N-ethyl adjacent to an activating group) is 1. The highest BCUT2D eigenvalue weighted by atomic mass is 32.2. The number of piperidine rings is 1. The van der Waals surface area contributed by atoms with Crippen LogP contribution >= 0.6 is 0 Å². The number of nitrogens with zero attached hydrogens (tertiary/aromatic N) is 5. The molecule has 1 aromatic carbocycles. The van der Waals surface area contributed by atoms with Gasteiger partial charge in [0.25, 0.3) is 10.2 Å². The lowest BCUT2D eigenvalue weighted by Gasteiger charge is -2.40. The molecule has 0 atom stereocenters. The Morgan fingerprint density at radius 1 is 0.794 bits per heavy atom. The number of rotatable bonds is 5. The van der Waals surface area contributed by atoms with Gasteiger partial charge in [-0.15, -0.1) is 0 Å². The van der Waals surface area contributed by atoms with Crippen molar-refractivity contribution in [3.63, 3.8) is 0 Å². The molecule has 34 heavy (non-hydrogen) atoms. The van der Waals surface area contributed by atoms with Gasteiger partial charge in [0.15, 0.2) is 0 Å². The summed E-state index contributed by atoms with van der Waals surface area (Å²) in [5, 5.41) is 0. The standard InChI is InChI=1S/C24H35N5O4S/c1-25-13-17-28(18-14-25)34(32,33)29-19-15-27(16-20-29)24(31)22-9-11-26(12-10-22)23(30)8-7-21-5-3-2-4-6-21/h2-8,22H,9-20H2,1H3/b8-7+. The Balaban J connectivity index is 1.23. The zero-order valence-electron chi connectivity index (χ0n) is 19.9. The fraction of sp³-hybridized carbons (Fsp3) is 0.583. The van der Waals surface area contributed by atoms with Crippen LogP contribution in [0.4, 0.5) is 0 Å². The zero-order chi connectivity index (χ0) is 24.1. The molecule has 0 aliphatic carbocycles. The zero-order valence-corrected chi connectivity index (χ0v) is 20.7.